The molecule has 0 spiro atoms. The van der Waals surface area contributed by atoms with E-state index in [-0.39, 0.29) is 6.61 Å². The molecule has 0 fully saturated rings. The molecule has 4 N–H and O–H groups in total. The van der Waals surface area contributed by atoms with Gasteiger partial charge in [0.05, 0.1) is 5.69 Å². The van der Waals surface area contributed by atoms with E-state index in [4.69, 9.17) is 22.4 Å². The fourth-order valence-corrected chi connectivity index (χ4v) is 2.03. The van der Waals surface area contributed by atoms with Crippen LogP contribution in [0.3, 0.4) is 0 Å². The second-order valence-corrected chi connectivity index (χ2v) is 4.80. The highest BCUT2D eigenvalue weighted by atomic mass is 35.5. The van der Waals surface area contributed by atoms with Crippen molar-refractivity contribution in [2.75, 3.05) is 35.7 Å². The van der Waals surface area contributed by atoms with Gasteiger partial charge < -0.3 is 16.2 Å². The van der Waals surface area contributed by atoms with Crippen LogP contribution in [0.1, 0.15) is 6.42 Å². The van der Waals surface area contributed by atoms with Crippen molar-refractivity contribution >= 4 is 34.9 Å². The van der Waals surface area contributed by atoms with Crippen LogP contribution in [-0.2, 0) is 0 Å². The summed E-state index contributed by atoms with van der Waals surface area (Å²) in [5, 5.41) is 12.2. The molecule has 1 rings (SSSR count). The number of nitrogens with zero attached hydrogens (tertiary/aromatic N) is 1. The number of halogens is 1. The minimum atomic E-state index is 0.253. The van der Waals surface area contributed by atoms with Gasteiger partial charge in [-0.2, -0.15) is 11.8 Å². The van der Waals surface area contributed by atoms with Crippen molar-refractivity contribution in [3.8, 4) is 0 Å². The predicted octanol–water partition coefficient (Wildman–Crippen LogP) is 1.84. The van der Waals surface area contributed by atoms with E-state index in [0.717, 1.165) is 24.5 Å². The Kier molecular flexibility index (Phi) is 6.37. The first-order valence-corrected chi connectivity index (χ1v) is 6.62. The van der Waals surface area contributed by atoms with Crippen molar-refractivity contribution in [1.82, 2.24) is 4.98 Å². The van der Waals surface area contributed by atoms with Gasteiger partial charge in [0, 0.05) is 18.9 Å². The van der Waals surface area contributed by atoms with Crippen molar-refractivity contribution in [3.63, 3.8) is 0 Å². The molecular weight excluding hydrogens is 246 g/mol. The highest BCUT2D eigenvalue weighted by molar-refractivity contribution is 7.99. The SMILES string of the molecule is Nc1ccc(Cl)nc1NCCSCCCO. The molecule has 4 nitrogen and oxygen atoms in total. The van der Waals surface area contributed by atoms with Gasteiger partial charge >= 0.3 is 0 Å². The summed E-state index contributed by atoms with van der Waals surface area (Å²) in [4.78, 5) is 4.09. The van der Waals surface area contributed by atoms with Crippen LogP contribution in [0.5, 0.6) is 0 Å². The first-order valence-electron chi connectivity index (χ1n) is 5.08. The van der Waals surface area contributed by atoms with Crippen LogP contribution < -0.4 is 11.1 Å². The fourth-order valence-electron chi connectivity index (χ4n) is 1.10. The predicted molar refractivity (Wildman–Crippen MR) is 71.2 cm³/mol. The minimum absolute atomic E-state index is 0.253. The van der Waals surface area contributed by atoms with Gasteiger partial charge in [-0.05, 0) is 24.3 Å². The Morgan fingerprint density at radius 2 is 2.25 bits per heavy atom. The average molecular weight is 262 g/mol. The van der Waals surface area contributed by atoms with Crippen LogP contribution in [0.15, 0.2) is 12.1 Å². The zero-order chi connectivity index (χ0) is 11.8. The van der Waals surface area contributed by atoms with Crippen molar-refractivity contribution in [3.05, 3.63) is 17.3 Å². The van der Waals surface area contributed by atoms with Gasteiger partial charge in [0.25, 0.3) is 0 Å². The summed E-state index contributed by atoms with van der Waals surface area (Å²) in [6, 6.07) is 3.40. The van der Waals surface area contributed by atoms with Crippen LogP contribution in [0.4, 0.5) is 11.5 Å². The van der Waals surface area contributed by atoms with E-state index in [1.165, 1.54) is 0 Å². The first-order chi connectivity index (χ1) is 7.74. The second-order valence-electron chi connectivity index (χ2n) is 3.19. The van der Waals surface area contributed by atoms with Crippen LogP contribution in [0.25, 0.3) is 0 Å². The summed E-state index contributed by atoms with van der Waals surface area (Å²) >= 11 is 7.54. The molecule has 0 unspecified atom stereocenters. The van der Waals surface area contributed by atoms with E-state index in [0.29, 0.717) is 16.7 Å². The van der Waals surface area contributed by atoms with Crippen LogP contribution in [0, 0.1) is 0 Å². The molecular formula is C10H16ClN3OS. The normalized spacial score (nSPS) is 10.4. The first kappa shape index (κ1) is 13.4. The van der Waals surface area contributed by atoms with Crippen molar-refractivity contribution < 1.29 is 5.11 Å². The smallest absolute Gasteiger partial charge is 0.151 e. The third-order valence-corrected chi connectivity index (χ3v) is 3.16. The maximum atomic E-state index is 8.60. The molecule has 0 aromatic carbocycles. The standard InChI is InChI=1S/C10H16ClN3OS/c11-9-3-2-8(12)10(14-9)13-4-7-16-6-1-5-15/h2-3,15H,1,4-7,12H2,(H,13,14). The number of aliphatic hydroxyl groups excluding tert-OH is 1. The van der Waals surface area contributed by atoms with Gasteiger partial charge in [-0.1, -0.05) is 11.6 Å². The van der Waals surface area contributed by atoms with Gasteiger partial charge in [0.1, 0.15) is 5.15 Å². The molecule has 1 heterocycles. The zero-order valence-corrected chi connectivity index (χ0v) is 10.5. The van der Waals surface area contributed by atoms with Gasteiger partial charge in [0.2, 0.25) is 0 Å². The van der Waals surface area contributed by atoms with Gasteiger partial charge in [-0.15, -0.1) is 0 Å². The Hall–Kier alpha value is -0.650. The van der Waals surface area contributed by atoms with Crippen LogP contribution in [-0.4, -0.2) is 34.7 Å². The third kappa shape index (κ3) is 4.92. The summed E-state index contributed by atoms with van der Waals surface area (Å²) in [7, 11) is 0. The largest absolute Gasteiger partial charge is 0.396 e. The fraction of sp³-hybridized carbons (Fsp3) is 0.500. The highest BCUT2D eigenvalue weighted by Crippen LogP contribution is 2.18. The molecule has 6 heteroatoms. The monoisotopic (exact) mass is 261 g/mol. The molecule has 0 saturated carbocycles. The van der Waals surface area contributed by atoms with E-state index in [9.17, 15) is 0 Å². The molecule has 0 bridgehead atoms. The van der Waals surface area contributed by atoms with Crippen molar-refractivity contribution in [2.45, 2.75) is 6.42 Å². The highest BCUT2D eigenvalue weighted by Gasteiger charge is 2.00. The summed E-state index contributed by atoms with van der Waals surface area (Å²) in [6.07, 6.45) is 0.836. The summed E-state index contributed by atoms with van der Waals surface area (Å²) in [5.41, 5.74) is 6.33. The molecule has 1 aromatic heterocycles. The van der Waals surface area contributed by atoms with Crippen molar-refractivity contribution in [2.24, 2.45) is 0 Å². The van der Waals surface area contributed by atoms with E-state index in [1.807, 2.05) is 0 Å². The van der Waals surface area contributed by atoms with Crippen LogP contribution in [0.2, 0.25) is 5.15 Å². The number of aromatic nitrogens is 1. The van der Waals surface area contributed by atoms with Crippen molar-refractivity contribution in [1.29, 1.82) is 0 Å². The zero-order valence-electron chi connectivity index (χ0n) is 8.95. The quantitative estimate of drug-likeness (QED) is 0.516. The second kappa shape index (κ2) is 7.60. The minimum Gasteiger partial charge on any atom is -0.396 e. The lowest BCUT2D eigenvalue weighted by molar-refractivity contribution is 0.296. The summed E-state index contributed by atoms with van der Waals surface area (Å²) < 4.78 is 0. The molecule has 0 aliphatic carbocycles. The number of hydrogen-bond donors (Lipinski definition) is 3. The Morgan fingerprint density at radius 1 is 1.44 bits per heavy atom. The molecule has 1 aromatic rings. The van der Waals surface area contributed by atoms with E-state index < -0.39 is 0 Å². The summed E-state index contributed by atoms with van der Waals surface area (Å²) in [6.45, 7) is 1.04. The number of hydrogen-bond acceptors (Lipinski definition) is 5. The molecule has 0 aliphatic heterocycles. The Morgan fingerprint density at radius 3 is 3.00 bits per heavy atom. The number of aliphatic hydroxyl groups is 1. The number of nitrogens with one attached hydrogen (secondary N) is 1. The number of thioether (sulfide) groups is 1. The lowest BCUT2D eigenvalue weighted by Crippen LogP contribution is -2.08. The van der Waals surface area contributed by atoms with E-state index in [1.54, 1.807) is 23.9 Å². The molecule has 0 aliphatic rings. The number of nitrogen functional groups attached to an aromatic ring is 1. The average Bonchev–Trinajstić information content (AvgIpc) is 2.28. The van der Waals surface area contributed by atoms with E-state index >= 15 is 0 Å². The van der Waals surface area contributed by atoms with Gasteiger partial charge in [-0.25, -0.2) is 4.98 Å². The molecule has 0 amide bonds. The lowest BCUT2D eigenvalue weighted by Gasteiger charge is -2.08. The lowest BCUT2D eigenvalue weighted by atomic mass is 10.4. The molecule has 0 atom stereocenters. The van der Waals surface area contributed by atoms with E-state index in [2.05, 4.69) is 10.3 Å². The molecule has 90 valence electrons. The van der Waals surface area contributed by atoms with Gasteiger partial charge in [0.15, 0.2) is 5.82 Å². The number of pyridine rings is 1. The van der Waals surface area contributed by atoms with Crippen LogP contribution >= 0.6 is 23.4 Å². The third-order valence-electron chi connectivity index (χ3n) is 1.88. The topological polar surface area (TPSA) is 71.2 Å². The maximum Gasteiger partial charge on any atom is 0.151 e. The summed E-state index contributed by atoms with van der Waals surface area (Å²) in [5.74, 6) is 2.56. The molecule has 0 radical (unpaired) electrons. The Bertz CT molecular complexity index is 325. The number of nitrogens with two attached hydrogens (primary N) is 1. The Labute approximate surface area is 105 Å². The maximum absolute atomic E-state index is 8.60. The number of anilines is 2. The van der Waals surface area contributed by atoms with Gasteiger partial charge in [-0.3, -0.25) is 0 Å². The Balaban J connectivity index is 2.23. The number of rotatable bonds is 7. The molecule has 16 heavy (non-hydrogen) atoms. The molecule has 0 saturated heterocycles.